The van der Waals surface area contributed by atoms with E-state index in [1.807, 2.05) is 0 Å². The van der Waals surface area contributed by atoms with Crippen molar-refractivity contribution in [3.05, 3.63) is 0 Å². The first-order valence-electron chi connectivity index (χ1n) is 8.75. The molecular formula is C15H30N4O3S. The van der Waals surface area contributed by atoms with Crippen LogP contribution in [0.1, 0.15) is 32.1 Å². The Bertz CT molecular complexity index is 457. The second-order valence-corrected chi connectivity index (χ2v) is 8.41. The topological polar surface area (TPSA) is 81.8 Å². The number of sulfonamides is 1. The first-order valence-corrected chi connectivity index (χ1v) is 10.4. The van der Waals surface area contributed by atoms with Gasteiger partial charge in [-0.05, 0) is 32.2 Å². The molecule has 0 aromatic heterocycles. The largest absolute Gasteiger partial charge is 0.356 e. The Morgan fingerprint density at radius 1 is 1.04 bits per heavy atom. The number of carbonyl (C=O) groups excluding carboxylic acids is 1. The molecule has 8 heteroatoms. The van der Waals surface area contributed by atoms with E-state index in [9.17, 15) is 13.2 Å². The lowest BCUT2D eigenvalue weighted by molar-refractivity contribution is -0.121. The third-order valence-electron chi connectivity index (χ3n) is 4.45. The van der Waals surface area contributed by atoms with Crippen molar-refractivity contribution in [2.75, 3.05) is 58.1 Å². The SMILES string of the molecule is O=C(CCCS(=O)(=O)N1CCCC1)NCCCN1CCNCC1. The van der Waals surface area contributed by atoms with Crippen LogP contribution < -0.4 is 10.6 Å². The molecule has 0 unspecified atom stereocenters. The minimum atomic E-state index is -3.15. The fourth-order valence-corrected chi connectivity index (χ4v) is 4.65. The molecule has 1 amide bonds. The van der Waals surface area contributed by atoms with Gasteiger partial charge in [0.2, 0.25) is 15.9 Å². The molecule has 0 spiro atoms. The molecule has 23 heavy (non-hydrogen) atoms. The van der Waals surface area contributed by atoms with Crippen molar-refractivity contribution >= 4 is 15.9 Å². The Morgan fingerprint density at radius 3 is 2.43 bits per heavy atom. The highest BCUT2D eigenvalue weighted by Crippen LogP contribution is 2.14. The Labute approximate surface area is 139 Å². The minimum absolute atomic E-state index is 0.0399. The van der Waals surface area contributed by atoms with Crippen LogP contribution in [0.4, 0.5) is 0 Å². The number of nitrogens with zero attached hydrogens (tertiary/aromatic N) is 2. The Morgan fingerprint density at radius 2 is 1.74 bits per heavy atom. The molecule has 0 atom stereocenters. The highest BCUT2D eigenvalue weighted by Gasteiger charge is 2.24. The fourth-order valence-electron chi connectivity index (χ4n) is 3.06. The number of carbonyl (C=O) groups is 1. The van der Waals surface area contributed by atoms with E-state index in [2.05, 4.69) is 15.5 Å². The van der Waals surface area contributed by atoms with E-state index < -0.39 is 10.0 Å². The molecule has 2 heterocycles. The van der Waals surface area contributed by atoms with Gasteiger partial charge >= 0.3 is 0 Å². The number of rotatable bonds is 9. The van der Waals surface area contributed by atoms with Crippen LogP contribution in [-0.4, -0.2) is 81.6 Å². The third-order valence-corrected chi connectivity index (χ3v) is 6.40. The zero-order chi connectivity index (χ0) is 16.5. The number of piperazine rings is 1. The predicted octanol–water partition coefficient (Wildman–Crippen LogP) is -0.396. The highest BCUT2D eigenvalue weighted by atomic mass is 32.2. The molecular weight excluding hydrogens is 316 g/mol. The third kappa shape index (κ3) is 6.74. The molecule has 2 rings (SSSR count). The van der Waals surface area contributed by atoms with E-state index in [-0.39, 0.29) is 11.7 Å². The maximum atomic E-state index is 12.0. The predicted molar refractivity (Wildman–Crippen MR) is 90.8 cm³/mol. The van der Waals surface area contributed by atoms with Crippen LogP contribution in [-0.2, 0) is 14.8 Å². The van der Waals surface area contributed by atoms with Crippen LogP contribution >= 0.6 is 0 Å². The average Bonchev–Trinajstić information content (AvgIpc) is 3.08. The van der Waals surface area contributed by atoms with Gasteiger partial charge in [-0.3, -0.25) is 4.79 Å². The average molecular weight is 346 g/mol. The summed E-state index contributed by atoms with van der Waals surface area (Å²) in [4.78, 5) is 14.2. The van der Waals surface area contributed by atoms with Gasteiger partial charge in [0, 0.05) is 52.2 Å². The number of nitrogens with one attached hydrogen (secondary N) is 2. The maximum absolute atomic E-state index is 12.0. The summed E-state index contributed by atoms with van der Waals surface area (Å²) in [6.07, 6.45) is 3.54. The molecule has 0 bridgehead atoms. The second kappa shape index (κ2) is 9.56. The van der Waals surface area contributed by atoms with Crippen LogP contribution in [0.25, 0.3) is 0 Å². The van der Waals surface area contributed by atoms with E-state index in [1.54, 1.807) is 4.31 Å². The van der Waals surface area contributed by atoms with E-state index in [0.717, 1.165) is 52.0 Å². The van der Waals surface area contributed by atoms with Crippen LogP contribution in [0.5, 0.6) is 0 Å². The molecule has 2 saturated heterocycles. The lowest BCUT2D eigenvalue weighted by Crippen LogP contribution is -2.44. The van der Waals surface area contributed by atoms with Gasteiger partial charge in [0.1, 0.15) is 0 Å². The summed E-state index contributed by atoms with van der Waals surface area (Å²) in [6.45, 7) is 7.17. The van der Waals surface area contributed by atoms with E-state index >= 15 is 0 Å². The standard InChI is InChI=1S/C15H30N4O3S/c20-15(17-6-4-9-18-12-7-16-8-13-18)5-3-14-23(21,22)19-10-1-2-11-19/h16H,1-14H2,(H,17,20). The molecule has 2 fully saturated rings. The Kier molecular flexibility index (Phi) is 7.75. The van der Waals surface area contributed by atoms with Gasteiger partial charge in [-0.25, -0.2) is 12.7 Å². The molecule has 0 radical (unpaired) electrons. The van der Waals surface area contributed by atoms with Crippen LogP contribution in [0.2, 0.25) is 0 Å². The van der Waals surface area contributed by atoms with Gasteiger partial charge < -0.3 is 15.5 Å². The second-order valence-electron chi connectivity index (χ2n) is 6.32. The molecule has 0 aliphatic carbocycles. The van der Waals surface area contributed by atoms with Crippen molar-refractivity contribution < 1.29 is 13.2 Å². The molecule has 2 aliphatic rings. The summed E-state index contributed by atoms with van der Waals surface area (Å²) in [6, 6.07) is 0. The van der Waals surface area contributed by atoms with Crippen molar-refractivity contribution in [3.63, 3.8) is 0 Å². The number of hydrogen-bond acceptors (Lipinski definition) is 5. The van der Waals surface area contributed by atoms with Gasteiger partial charge in [-0.15, -0.1) is 0 Å². The van der Waals surface area contributed by atoms with Crippen molar-refractivity contribution in [2.45, 2.75) is 32.1 Å². The summed E-state index contributed by atoms with van der Waals surface area (Å²) < 4.78 is 25.6. The van der Waals surface area contributed by atoms with Crippen molar-refractivity contribution in [3.8, 4) is 0 Å². The van der Waals surface area contributed by atoms with Crippen LogP contribution in [0, 0.1) is 0 Å². The fraction of sp³-hybridized carbons (Fsp3) is 0.933. The Hall–Kier alpha value is -0.700. The monoisotopic (exact) mass is 346 g/mol. The summed E-state index contributed by atoms with van der Waals surface area (Å²) in [5.74, 6) is 0.0446. The molecule has 7 nitrogen and oxygen atoms in total. The summed E-state index contributed by atoms with van der Waals surface area (Å²) in [5, 5.41) is 6.20. The maximum Gasteiger partial charge on any atom is 0.220 e. The van der Waals surface area contributed by atoms with E-state index in [1.165, 1.54) is 0 Å². The van der Waals surface area contributed by atoms with Gasteiger partial charge in [0.05, 0.1) is 5.75 Å². The molecule has 0 aromatic rings. The first-order chi connectivity index (χ1) is 11.1. The van der Waals surface area contributed by atoms with Gasteiger partial charge in [0.15, 0.2) is 0 Å². The zero-order valence-corrected chi connectivity index (χ0v) is 14.7. The molecule has 0 aromatic carbocycles. The van der Waals surface area contributed by atoms with Gasteiger partial charge in [-0.1, -0.05) is 0 Å². The van der Waals surface area contributed by atoms with Crippen molar-refractivity contribution in [1.29, 1.82) is 0 Å². The van der Waals surface area contributed by atoms with Crippen LogP contribution in [0.15, 0.2) is 0 Å². The lowest BCUT2D eigenvalue weighted by atomic mass is 10.3. The van der Waals surface area contributed by atoms with E-state index in [0.29, 0.717) is 32.5 Å². The number of amides is 1. The quantitative estimate of drug-likeness (QED) is 0.556. The Balaban J connectivity index is 1.51. The summed E-state index contributed by atoms with van der Waals surface area (Å²) >= 11 is 0. The van der Waals surface area contributed by atoms with Crippen LogP contribution in [0.3, 0.4) is 0 Å². The zero-order valence-electron chi connectivity index (χ0n) is 13.9. The van der Waals surface area contributed by atoms with Gasteiger partial charge in [-0.2, -0.15) is 0 Å². The lowest BCUT2D eigenvalue weighted by Gasteiger charge is -2.27. The first kappa shape index (κ1) is 18.6. The molecule has 2 N–H and O–H groups in total. The summed E-state index contributed by atoms with van der Waals surface area (Å²) in [7, 11) is -3.15. The minimum Gasteiger partial charge on any atom is -0.356 e. The normalized spacial score (nSPS) is 20.7. The molecule has 134 valence electrons. The van der Waals surface area contributed by atoms with E-state index in [4.69, 9.17) is 0 Å². The molecule has 2 aliphatic heterocycles. The summed E-state index contributed by atoms with van der Waals surface area (Å²) in [5.41, 5.74) is 0. The number of hydrogen-bond donors (Lipinski definition) is 2. The van der Waals surface area contributed by atoms with Crippen molar-refractivity contribution in [2.24, 2.45) is 0 Å². The smallest absolute Gasteiger partial charge is 0.220 e. The molecule has 0 saturated carbocycles. The van der Waals surface area contributed by atoms with Crippen molar-refractivity contribution in [1.82, 2.24) is 19.8 Å². The van der Waals surface area contributed by atoms with Gasteiger partial charge in [0.25, 0.3) is 0 Å². The highest BCUT2D eigenvalue weighted by molar-refractivity contribution is 7.89.